The van der Waals surface area contributed by atoms with Gasteiger partial charge in [-0.15, -0.1) is 6.58 Å². The van der Waals surface area contributed by atoms with Gasteiger partial charge in [0, 0.05) is 43.9 Å². The summed E-state index contributed by atoms with van der Waals surface area (Å²) in [7, 11) is 2.98. The van der Waals surface area contributed by atoms with Crippen LogP contribution in [0.1, 0.15) is 53.4 Å². The normalized spacial score (nSPS) is 31.2. The predicted molar refractivity (Wildman–Crippen MR) is 158 cm³/mol. The van der Waals surface area contributed by atoms with Crippen LogP contribution >= 0.6 is 0 Å². The Morgan fingerprint density at radius 1 is 1.19 bits per heavy atom. The van der Waals surface area contributed by atoms with Crippen molar-refractivity contribution < 1.29 is 38.5 Å². The molecule has 42 heavy (non-hydrogen) atoms. The number of fused-ring (bicyclic) bond motifs is 2. The molecular weight excluding hydrogens is 542 g/mol. The Hall–Kier alpha value is -3.54. The van der Waals surface area contributed by atoms with Gasteiger partial charge in [0.1, 0.15) is 0 Å². The standard InChI is InChI=1S/C31H45N3O8/c1-8-12-33-26-21-13-17(2)14-25(41-7)27(36)19(4)15-20(5)29(42-31(32)39)24(40-6)11-9-10-18(3)30(38)34-22(28(21)37)16-23(26)35/h8,10,15-17,19,24-25,27,29,33,36H,1,9,11-14H2,2-7H3,(H2,32,39)(H,34,38)/b18-10+,20-15+/t17-,19+,24+,25+,27-,29+/m1/s1. The molecule has 0 aromatic carbocycles. The molecule has 11 nitrogen and oxygen atoms in total. The zero-order chi connectivity index (χ0) is 31.6. The van der Waals surface area contributed by atoms with Crippen molar-refractivity contribution in [2.75, 3.05) is 20.8 Å². The van der Waals surface area contributed by atoms with Crippen LogP contribution < -0.4 is 16.4 Å². The summed E-state index contributed by atoms with van der Waals surface area (Å²) in [6.45, 7) is 11.0. The third-order valence-corrected chi connectivity index (χ3v) is 7.54. The maximum absolute atomic E-state index is 13.6. The minimum Gasteiger partial charge on any atom is -0.439 e. The van der Waals surface area contributed by atoms with E-state index in [1.807, 2.05) is 13.8 Å². The van der Waals surface area contributed by atoms with Crippen molar-refractivity contribution in [1.29, 1.82) is 0 Å². The van der Waals surface area contributed by atoms with Gasteiger partial charge in [-0.25, -0.2) is 4.79 Å². The quantitative estimate of drug-likeness (QED) is 0.270. The molecule has 0 fully saturated rings. The Morgan fingerprint density at radius 3 is 2.45 bits per heavy atom. The average Bonchev–Trinajstić information content (AvgIpc) is 2.94. The van der Waals surface area contributed by atoms with Crippen molar-refractivity contribution in [3.05, 3.63) is 59.0 Å². The predicted octanol–water partition coefficient (Wildman–Crippen LogP) is 2.76. The molecule has 0 saturated heterocycles. The van der Waals surface area contributed by atoms with Gasteiger partial charge in [0.05, 0.1) is 29.7 Å². The number of hydrogen-bond donors (Lipinski definition) is 4. The SMILES string of the molecule is C=CCNC1=C2C[C@@H](C)C[C@H](OC)[C@H](O)[C@@H](C)/C=C(\C)[C@H](OC(N)=O)[C@@H](OC)CC/C=C(\C)C(=O)NC(=CC1=O)C2=O. The van der Waals surface area contributed by atoms with E-state index in [0.29, 0.717) is 30.4 Å². The molecule has 1 aliphatic carbocycles. The smallest absolute Gasteiger partial charge is 0.405 e. The molecule has 5 N–H and O–H groups in total. The fourth-order valence-electron chi connectivity index (χ4n) is 5.26. The number of Topliss-reactive ketones (excluding diaryl/α,β-unsaturated/α-hetero) is 1. The Bertz CT molecular complexity index is 1170. The maximum atomic E-state index is 13.6. The number of amides is 2. The number of carbonyl (C=O) groups is 4. The number of hydrogen-bond acceptors (Lipinski definition) is 9. The van der Waals surface area contributed by atoms with Crippen LogP contribution in [0.25, 0.3) is 0 Å². The van der Waals surface area contributed by atoms with E-state index in [0.717, 1.165) is 6.08 Å². The van der Waals surface area contributed by atoms with E-state index in [1.54, 1.807) is 32.1 Å². The number of nitrogens with two attached hydrogens (primary N) is 1. The summed E-state index contributed by atoms with van der Waals surface area (Å²) in [6.07, 6.45) is 3.53. The number of ketones is 2. The minimum atomic E-state index is -0.967. The molecule has 1 heterocycles. The number of aliphatic hydroxyl groups is 1. The Labute approximate surface area is 247 Å². The average molecular weight is 588 g/mol. The number of methoxy groups -OCH3 is 2. The van der Waals surface area contributed by atoms with Gasteiger partial charge in [-0.1, -0.05) is 32.1 Å². The van der Waals surface area contributed by atoms with Gasteiger partial charge in [-0.05, 0) is 51.0 Å². The molecular formula is C31H45N3O8. The van der Waals surface area contributed by atoms with Gasteiger partial charge in [-0.3, -0.25) is 14.4 Å². The highest BCUT2D eigenvalue weighted by Gasteiger charge is 2.33. The van der Waals surface area contributed by atoms with Crippen LogP contribution in [0.5, 0.6) is 0 Å². The van der Waals surface area contributed by atoms with E-state index in [1.165, 1.54) is 14.2 Å². The van der Waals surface area contributed by atoms with Crippen molar-refractivity contribution in [2.45, 2.75) is 77.8 Å². The summed E-state index contributed by atoms with van der Waals surface area (Å²) in [5.74, 6) is -2.03. The Balaban J connectivity index is 2.57. The molecule has 0 saturated carbocycles. The number of nitrogens with one attached hydrogen (secondary N) is 2. The molecule has 0 spiro atoms. The number of carbonyl (C=O) groups excluding carboxylic acids is 4. The molecule has 6 atom stereocenters. The monoisotopic (exact) mass is 587 g/mol. The van der Waals surface area contributed by atoms with E-state index in [-0.39, 0.29) is 35.9 Å². The van der Waals surface area contributed by atoms with Crippen molar-refractivity contribution >= 4 is 23.6 Å². The van der Waals surface area contributed by atoms with E-state index in [2.05, 4.69) is 17.2 Å². The fourth-order valence-corrected chi connectivity index (χ4v) is 5.26. The maximum Gasteiger partial charge on any atom is 0.405 e. The van der Waals surface area contributed by atoms with E-state index < -0.39 is 53.9 Å². The molecule has 2 amide bonds. The number of allylic oxidation sites excluding steroid dienone is 3. The van der Waals surface area contributed by atoms with Crippen LogP contribution in [0, 0.1) is 11.8 Å². The van der Waals surface area contributed by atoms with Crippen LogP contribution in [-0.2, 0) is 28.6 Å². The highest BCUT2D eigenvalue weighted by atomic mass is 16.6. The second kappa shape index (κ2) is 16.2. The van der Waals surface area contributed by atoms with Crippen LogP contribution in [0.15, 0.2) is 59.0 Å². The number of aliphatic hydroxyl groups excluding tert-OH is 1. The summed E-state index contributed by atoms with van der Waals surface area (Å²) in [6, 6.07) is 0. The van der Waals surface area contributed by atoms with Crippen LogP contribution in [0.4, 0.5) is 4.79 Å². The molecule has 0 radical (unpaired) electrons. The lowest BCUT2D eigenvalue weighted by Gasteiger charge is -2.30. The van der Waals surface area contributed by atoms with Crippen molar-refractivity contribution in [1.82, 2.24) is 10.6 Å². The van der Waals surface area contributed by atoms with Gasteiger partial charge in [0.25, 0.3) is 5.91 Å². The molecule has 0 unspecified atom stereocenters. The van der Waals surface area contributed by atoms with Crippen molar-refractivity contribution in [3.63, 3.8) is 0 Å². The van der Waals surface area contributed by atoms with Gasteiger partial charge in [0.15, 0.2) is 6.10 Å². The summed E-state index contributed by atoms with van der Waals surface area (Å²) >= 11 is 0. The van der Waals surface area contributed by atoms with Crippen LogP contribution in [0.2, 0.25) is 0 Å². The highest BCUT2D eigenvalue weighted by molar-refractivity contribution is 6.23. The summed E-state index contributed by atoms with van der Waals surface area (Å²) in [5, 5.41) is 16.8. The van der Waals surface area contributed by atoms with Crippen LogP contribution in [-0.4, -0.2) is 73.9 Å². The number of ether oxygens (including phenoxy) is 3. The second-order valence-corrected chi connectivity index (χ2v) is 10.9. The lowest BCUT2D eigenvalue weighted by molar-refractivity contribution is -0.120. The van der Waals surface area contributed by atoms with E-state index in [4.69, 9.17) is 19.9 Å². The lowest BCUT2D eigenvalue weighted by Crippen LogP contribution is -2.38. The Kier molecular flexibility index (Phi) is 13.4. The Morgan fingerprint density at radius 2 is 1.86 bits per heavy atom. The first-order chi connectivity index (χ1) is 19.8. The number of primary amides is 1. The fraction of sp³-hybridized carbons (Fsp3) is 0.548. The molecule has 1 aliphatic heterocycles. The molecule has 0 aromatic rings. The van der Waals surface area contributed by atoms with Gasteiger partial charge < -0.3 is 35.7 Å². The van der Waals surface area contributed by atoms with Crippen LogP contribution in [0.3, 0.4) is 0 Å². The topological polar surface area (TPSA) is 166 Å². The third-order valence-electron chi connectivity index (χ3n) is 7.54. The lowest BCUT2D eigenvalue weighted by atomic mass is 9.85. The largest absolute Gasteiger partial charge is 0.439 e. The minimum absolute atomic E-state index is 0.108. The molecule has 2 bridgehead atoms. The van der Waals surface area contributed by atoms with Gasteiger partial charge >= 0.3 is 6.09 Å². The first-order valence-electron chi connectivity index (χ1n) is 14.1. The zero-order valence-corrected chi connectivity index (χ0v) is 25.4. The highest BCUT2D eigenvalue weighted by Crippen LogP contribution is 2.29. The molecule has 11 heteroatoms. The van der Waals surface area contributed by atoms with Gasteiger partial charge in [0.2, 0.25) is 11.6 Å². The second-order valence-electron chi connectivity index (χ2n) is 10.9. The summed E-state index contributed by atoms with van der Waals surface area (Å²) in [4.78, 5) is 51.4. The molecule has 232 valence electrons. The van der Waals surface area contributed by atoms with E-state index >= 15 is 0 Å². The van der Waals surface area contributed by atoms with Gasteiger partial charge in [-0.2, -0.15) is 0 Å². The number of rotatable bonds is 6. The van der Waals surface area contributed by atoms with E-state index in [9.17, 15) is 24.3 Å². The third kappa shape index (κ3) is 9.23. The molecule has 2 aliphatic rings. The summed E-state index contributed by atoms with van der Waals surface area (Å²) in [5.41, 5.74) is 6.63. The van der Waals surface area contributed by atoms with Crippen molar-refractivity contribution in [2.24, 2.45) is 17.6 Å². The summed E-state index contributed by atoms with van der Waals surface area (Å²) < 4.78 is 16.7. The molecule has 2 rings (SSSR count). The first-order valence-corrected chi connectivity index (χ1v) is 14.1. The zero-order valence-electron chi connectivity index (χ0n) is 25.4. The first kappa shape index (κ1) is 34.7. The molecule has 0 aromatic heterocycles. The van der Waals surface area contributed by atoms with Crippen molar-refractivity contribution in [3.8, 4) is 0 Å².